The maximum atomic E-state index is 11.4. The lowest BCUT2D eigenvalue weighted by Crippen LogP contribution is -2.03. The quantitative estimate of drug-likeness (QED) is 0.381. The number of unbranched alkanes of at least 4 members (excludes halogenated alkanes) is 9. The van der Waals surface area contributed by atoms with Crippen molar-refractivity contribution in [2.75, 3.05) is 0 Å². The van der Waals surface area contributed by atoms with Crippen LogP contribution in [0.5, 0.6) is 0 Å². The zero-order valence-corrected chi connectivity index (χ0v) is 12.7. The zero-order chi connectivity index (χ0) is 13.9. The molecule has 1 rings (SSSR count). The Balaban J connectivity index is 1.86. The fourth-order valence-corrected chi connectivity index (χ4v) is 2.62. The van der Waals surface area contributed by atoms with Crippen LogP contribution < -0.4 is 0 Å². The zero-order valence-electron chi connectivity index (χ0n) is 12.7. The summed E-state index contributed by atoms with van der Waals surface area (Å²) in [6, 6.07) is 0. The number of esters is 1. The first-order valence-corrected chi connectivity index (χ1v) is 8.15. The second-order valence-electron chi connectivity index (χ2n) is 5.73. The van der Waals surface area contributed by atoms with E-state index in [4.69, 9.17) is 4.74 Å². The van der Waals surface area contributed by atoms with Gasteiger partial charge in [0, 0.05) is 5.57 Å². The van der Waals surface area contributed by atoms with Crippen LogP contribution in [0.3, 0.4) is 0 Å². The van der Waals surface area contributed by atoms with E-state index in [1.807, 2.05) is 13.0 Å². The molecule has 0 aromatic carbocycles. The van der Waals surface area contributed by atoms with Crippen LogP contribution in [0.4, 0.5) is 0 Å². The lowest BCUT2D eigenvalue weighted by Gasteiger charge is -2.02. The molecule has 19 heavy (non-hydrogen) atoms. The summed E-state index contributed by atoms with van der Waals surface area (Å²) in [6.45, 7) is 4.18. The molecule has 0 aliphatic carbocycles. The van der Waals surface area contributed by atoms with Gasteiger partial charge < -0.3 is 4.74 Å². The molecule has 0 fully saturated rings. The van der Waals surface area contributed by atoms with E-state index in [0.29, 0.717) is 0 Å². The summed E-state index contributed by atoms with van der Waals surface area (Å²) in [7, 11) is 0. The number of ether oxygens (including phenoxy) is 1. The third kappa shape index (κ3) is 7.39. The molecular weight excluding hydrogens is 236 g/mol. The molecule has 0 N–H and O–H groups in total. The summed E-state index contributed by atoms with van der Waals surface area (Å²) in [6.07, 6.45) is 16.2. The summed E-state index contributed by atoms with van der Waals surface area (Å²) < 4.78 is 5.08. The van der Waals surface area contributed by atoms with Crippen molar-refractivity contribution < 1.29 is 9.53 Å². The average molecular weight is 266 g/mol. The molecule has 0 saturated heterocycles. The Kier molecular flexibility index (Phi) is 8.61. The molecule has 110 valence electrons. The van der Waals surface area contributed by atoms with E-state index in [1.165, 1.54) is 57.8 Å². The van der Waals surface area contributed by atoms with Crippen LogP contribution in [-0.4, -0.2) is 12.1 Å². The number of cyclic esters (lactones) is 1. The van der Waals surface area contributed by atoms with Gasteiger partial charge in [0.15, 0.2) is 0 Å². The molecule has 1 heterocycles. The van der Waals surface area contributed by atoms with Gasteiger partial charge in [-0.15, -0.1) is 0 Å². The van der Waals surface area contributed by atoms with Gasteiger partial charge in [0.25, 0.3) is 0 Å². The SMILES string of the molecule is CCCCCCCCCCCCC1=C[C@H](C)OC1=O. The first kappa shape index (κ1) is 16.3. The highest BCUT2D eigenvalue weighted by molar-refractivity contribution is 5.90. The predicted molar refractivity (Wildman–Crippen MR) is 80.1 cm³/mol. The van der Waals surface area contributed by atoms with Crippen molar-refractivity contribution >= 4 is 5.97 Å². The van der Waals surface area contributed by atoms with Gasteiger partial charge in [0.05, 0.1) is 0 Å². The van der Waals surface area contributed by atoms with Gasteiger partial charge in [-0.3, -0.25) is 0 Å². The van der Waals surface area contributed by atoms with E-state index < -0.39 is 0 Å². The minimum atomic E-state index is -0.0941. The van der Waals surface area contributed by atoms with Crippen molar-refractivity contribution in [3.8, 4) is 0 Å². The van der Waals surface area contributed by atoms with E-state index in [-0.39, 0.29) is 12.1 Å². The molecule has 1 atom stereocenters. The molecule has 2 nitrogen and oxygen atoms in total. The molecule has 0 saturated carbocycles. The number of rotatable bonds is 11. The third-order valence-electron chi connectivity index (χ3n) is 3.79. The predicted octanol–water partition coefficient (Wildman–Crippen LogP) is 5.17. The highest BCUT2D eigenvalue weighted by Gasteiger charge is 2.20. The summed E-state index contributed by atoms with van der Waals surface area (Å²) in [5.74, 6) is -0.0941. The molecule has 0 spiro atoms. The van der Waals surface area contributed by atoms with E-state index in [1.54, 1.807) is 0 Å². The minimum Gasteiger partial charge on any atom is -0.455 e. The second kappa shape index (κ2) is 10.1. The third-order valence-corrected chi connectivity index (χ3v) is 3.79. The van der Waals surface area contributed by atoms with Gasteiger partial charge >= 0.3 is 5.97 Å². The number of hydrogen-bond donors (Lipinski definition) is 0. The van der Waals surface area contributed by atoms with Crippen LogP contribution in [0, 0.1) is 0 Å². The lowest BCUT2D eigenvalue weighted by atomic mass is 10.0. The highest BCUT2D eigenvalue weighted by atomic mass is 16.5. The lowest BCUT2D eigenvalue weighted by molar-refractivity contribution is -0.139. The van der Waals surface area contributed by atoms with Crippen LogP contribution >= 0.6 is 0 Å². The summed E-state index contributed by atoms with van der Waals surface area (Å²) in [5.41, 5.74) is 0.895. The Morgan fingerprint density at radius 2 is 1.47 bits per heavy atom. The van der Waals surface area contributed by atoms with Crippen LogP contribution in [0.1, 0.15) is 84.5 Å². The molecule has 1 aliphatic heterocycles. The summed E-state index contributed by atoms with van der Waals surface area (Å²) in [5, 5.41) is 0. The van der Waals surface area contributed by atoms with Crippen LogP contribution in [-0.2, 0) is 9.53 Å². The summed E-state index contributed by atoms with van der Waals surface area (Å²) >= 11 is 0. The maximum absolute atomic E-state index is 11.4. The van der Waals surface area contributed by atoms with Gasteiger partial charge in [0.2, 0.25) is 0 Å². The van der Waals surface area contributed by atoms with Gasteiger partial charge in [-0.1, -0.05) is 64.7 Å². The Morgan fingerprint density at radius 1 is 0.947 bits per heavy atom. The monoisotopic (exact) mass is 266 g/mol. The Labute approximate surface area is 118 Å². The standard InChI is InChI=1S/C17H30O2/c1-3-4-5-6-7-8-9-10-11-12-13-16-14-15(2)19-17(16)18/h14-15H,3-13H2,1-2H3/t15-/m0/s1. The molecule has 0 aromatic heterocycles. The summed E-state index contributed by atoms with van der Waals surface area (Å²) in [4.78, 5) is 11.4. The van der Waals surface area contributed by atoms with Gasteiger partial charge in [0.1, 0.15) is 6.10 Å². The van der Waals surface area contributed by atoms with Crippen molar-refractivity contribution in [3.05, 3.63) is 11.6 Å². The van der Waals surface area contributed by atoms with Crippen LogP contribution in [0.25, 0.3) is 0 Å². The van der Waals surface area contributed by atoms with Crippen molar-refractivity contribution in [2.45, 2.75) is 90.6 Å². The largest absolute Gasteiger partial charge is 0.455 e. The van der Waals surface area contributed by atoms with Gasteiger partial charge in [-0.2, -0.15) is 0 Å². The molecule has 2 heteroatoms. The highest BCUT2D eigenvalue weighted by Crippen LogP contribution is 2.20. The molecule has 1 aliphatic rings. The molecule has 0 amide bonds. The molecular formula is C17H30O2. The van der Waals surface area contributed by atoms with E-state index in [2.05, 4.69) is 6.92 Å². The van der Waals surface area contributed by atoms with E-state index in [0.717, 1.165) is 18.4 Å². The Morgan fingerprint density at radius 3 is 1.95 bits per heavy atom. The van der Waals surface area contributed by atoms with Crippen molar-refractivity contribution in [3.63, 3.8) is 0 Å². The van der Waals surface area contributed by atoms with E-state index >= 15 is 0 Å². The van der Waals surface area contributed by atoms with E-state index in [9.17, 15) is 4.79 Å². The number of hydrogen-bond acceptors (Lipinski definition) is 2. The average Bonchev–Trinajstić information content (AvgIpc) is 2.70. The molecule has 0 bridgehead atoms. The van der Waals surface area contributed by atoms with Gasteiger partial charge in [-0.25, -0.2) is 4.79 Å². The van der Waals surface area contributed by atoms with Gasteiger partial charge in [-0.05, 0) is 25.8 Å². The van der Waals surface area contributed by atoms with Crippen LogP contribution in [0.15, 0.2) is 11.6 Å². The number of carbonyl (C=O) groups is 1. The maximum Gasteiger partial charge on any atom is 0.334 e. The van der Waals surface area contributed by atoms with Crippen LogP contribution in [0.2, 0.25) is 0 Å². The molecule has 0 aromatic rings. The fourth-order valence-electron chi connectivity index (χ4n) is 2.62. The minimum absolute atomic E-state index is 0.00868. The van der Waals surface area contributed by atoms with Crippen molar-refractivity contribution in [2.24, 2.45) is 0 Å². The normalized spacial score (nSPS) is 18.5. The fraction of sp³-hybridized carbons (Fsp3) is 0.824. The van der Waals surface area contributed by atoms with Crippen molar-refractivity contribution in [1.82, 2.24) is 0 Å². The van der Waals surface area contributed by atoms with Crippen molar-refractivity contribution in [1.29, 1.82) is 0 Å². The second-order valence-corrected chi connectivity index (χ2v) is 5.73. The molecule has 0 radical (unpaired) electrons. The number of carbonyl (C=O) groups excluding carboxylic acids is 1. The first-order chi connectivity index (χ1) is 9.24. The Hall–Kier alpha value is -0.790. The first-order valence-electron chi connectivity index (χ1n) is 8.15. The Bertz CT molecular complexity index is 281. The smallest absolute Gasteiger partial charge is 0.334 e. The topological polar surface area (TPSA) is 26.3 Å². The molecule has 0 unspecified atom stereocenters.